The second-order valence-corrected chi connectivity index (χ2v) is 3.05. The van der Waals surface area contributed by atoms with Crippen molar-refractivity contribution in [2.45, 2.75) is 18.4 Å². The maximum Gasteiger partial charge on any atom is 0.210 e. The minimum Gasteiger partial charge on any atom is -0.391 e. The molecule has 1 saturated carbocycles. The van der Waals surface area contributed by atoms with Crippen molar-refractivity contribution in [3.8, 4) is 0 Å². The van der Waals surface area contributed by atoms with E-state index in [1.165, 1.54) is 0 Å². The van der Waals surface area contributed by atoms with Gasteiger partial charge in [0.05, 0.1) is 10.5 Å². The van der Waals surface area contributed by atoms with Crippen molar-refractivity contribution in [2.24, 2.45) is 5.73 Å². The number of carbonyl (C=O) groups excluding carboxylic acids is 1. The molecule has 0 atom stereocenters. The number of thiocarbonyl (C=S) groups is 1. The average Bonchev–Trinajstić information content (AvgIpc) is 2.65. The molecule has 0 aliphatic heterocycles. The number of nitrogens with zero attached hydrogens (tertiary/aromatic N) is 1. The smallest absolute Gasteiger partial charge is 0.210 e. The van der Waals surface area contributed by atoms with Crippen molar-refractivity contribution < 1.29 is 4.79 Å². The topological polar surface area (TPSA) is 46.3 Å². The molecule has 0 bridgehead atoms. The van der Waals surface area contributed by atoms with Gasteiger partial charge in [0, 0.05) is 7.05 Å². The summed E-state index contributed by atoms with van der Waals surface area (Å²) in [6.45, 7) is 0. The summed E-state index contributed by atoms with van der Waals surface area (Å²) in [5, 5.41) is 0. The van der Waals surface area contributed by atoms with Gasteiger partial charge in [-0.1, -0.05) is 12.2 Å². The Morgan fingerprint density at radius 3 is 2.40 bits per heavy atom. The molecule has 0 saturated heterocycles. The molecule has 10 heavy (non-hydrogen) atoms. The lowest BCUT2D eigenvalue weighted by Gasteiger charge is -2.22. The Morgan fingerprint density at radius 1 is 1.80 bits per heavy atom. The molecule has 0 aromatic heterocycles. The van der Waals surface area contributed by atoms with Gasteiger partial charge in [-0.15, -0.1) is 0 Å². The largest absolute Gasteiger partial charge is 0.391 e. The van der Waals surface area contributed by atoms with Crippen LogP contribution in [-0.4, -0.2) is 28.9 Å². The number of carbonyl (C=O) groups is 1. The summed E-state index contributed by atoms with van der Waals surface area (Å²) in [7, 11) is 1.71. The average molecular weight is 158 g/mol. The van der Waals surface area contributed by atoms with E-state index in [1.807, 2.05) is 0 Å². The van der Waals surface area contributed by atoms with Gasteiger partial charge in [-0.25, -0.2) is 0 Å². The monoisotopic (exact) mass is 158 g/mol. The van der Waals surface area contributed by atoms with Crippen molar-refractivity contribution in [3.05, 3.63) is 0 Å². The Hall–Kier alpha value is -0.640. The number of nitrogens with two attached hydrogens (primary N) is 1. The zero-order chi connectivity index (χ0) is 7.78. The van der Waals surface area contributed by atoms with E-state index in [4.69, 9.17) is 18.0 Å². The highest BCUT2D eigenvalue weighted by Gasteiger charge is 2.49. The maximum absolute atomic E-state index is 10.3. The molecule has 0 unspecified atom stereocenters. The summed E-state index contributed by atoms with van der Waals surface area (Å²) in [5.74, 6) is 0. The van der Waals surface area contributed by atoms with Gasteiger partial charge in [-0.2, -0.15) is 0 Å². The lowest BCUT2D eigenvalue weighted by Crippen LogP contribution is -2.43. The van der Waals surface area contributed by atoms with Gasteiger partial charge in [0.1, 0.15) is 0 Å². The number of likely N-dealkylation sites (N-methyl/N-ethyl adjacent to an activating group) is 1. The van der Waals surface area contributed by atoms with Crippen LogP contribution in [0, 0.1) is 0 Å². The summed E-state index contributed by atoms with van der Waals surface area (Å²) in [6, 6.07) is 0. The van der Waals surface area contributed by atoms with E-state index in [2.05, 4.69) is 0 Å². The van der Waals surface area contributed by atoms with Crippen molar-refractivity contribution in [1.29, 1.82) is 0 Å². The van der Waals surface area contributed by atoms with E-state index >= 15 is 0 Å². The number of rotatable bonds is 3. The molecule has 1 amide bonds. The molecular weight excluding hydrogens is 148 g/mol. The molecule has 0 radical (unpaired) electrons. The van der Waals surface area contributed by atoms with Crippen molar-refractivity contribution in [2.75, 3.05) is 7.05 Å². The molecule has 2 N–H and O–H groups in total. The number of hydrogen-bond donors (Lipinski definition) is 1. The first-order valence-corrected chi connectivity index (χ1v) is 3.52. The first kappa shape index (κ1) is 7.47. The molecule has 1 aliphatic carbocycles. The number of amides is 1. The fourth-order valence-electron chi connectivity index (χ4n) is 0.992. The molecule has 0 aromatic carbocycles. The van der Waals surface area contributed by atoms with Crippen LogP contribution in [0.5, 0.6) is 0 Å². The van der Waals surface area contributed by atoms with Gasteiger partial charge in [0.25, 0.3) is 0 Å². The Balaban J connectivity index is 2.68. The summed E-state index contributed by atoms with van der Waals surface area (Å²) >= 11 is 4.81. The third kappa shape index (κ3) is 0.883. The standard InChI is InChI=1S/C6H10N2OS/c1-8(4-9)6(2-3-6)5(7)10/h4H,2-3H2,1H3,(H2,7,10). The van der Waals surface area contributed by atoms with Gasteiger partial charge in [0.2, 0.25) is 6.41 Å². The van der Waals surface area contributed by atoms with Crippen molar-refractivity contribution >= 4 is 23.6 Å². The van der Waals surface area contributed by atoms with E-state index in [1.54, 1.807) is 11.9 Å². The zero-order valence-electron chi connectivity index (χ0n) is 5.83. The van der Waals surface area contributed by atoms with E-state index < -0.39 is 0 Å². The van der Waals surface area contributed by atoms with E-state index in [9.17, 15) is 4.79 Å². The highest BCUT2D eigenvalue weighted by atomic mass is 32.1. The molecule has 0 aromatic rings. The highest BCUT2D eigenvalue weighted by Crippen LogP contribution is 2.40. The van der Waals surface area contributed by atoms with Crippen LogP contribution in [-0.2, 0) is 4.79 Å². The van der Waals surface area contributed by atoms with Gasteiger partial charge < -0.3 is 10.6 Å². The Kier molecular flexibility index (Phi) is 1.64. The highest BCUT2D eigenvalue weighted by molar-refractivity contribution is 7.80. The molecule has 1 aliphatic rings. The van der Waals surface area contributed by atoms with E-state index in [0.29, 0.717) is 4.99 Å². The second kappa shape index (κ2) is 2.20. The second-order valence-electron chi connectivity index (χ2n) is 2.61. The molecule has 1 fully saturated rings. The molecule has 0 spiro atoms. The van der Waals surface area contributed by atoms with Crippen LogP contribution in [0.1, 0.15) is 12.8 Å². The SMILES string of the molecule is CN(C=O)C1(C(N)=S)CC1. The molecule has 4 heteroatoms. The van der Waals surface area contributed by atoms with E-state index in [-0.39, 0.29) is 5.54 Å². The first-order chi connectivity index (χ1) is 4.63. The Bertz CT molecular complexity index is 177. The quantitative estimate of drug-likeness (QED) is 0.460. The summed E-state index contributed by atoms with van der Waals surface area (Å²) in [6.07, 6.45) is 2.60. The van der Waals surface area contributed by atoms with Crippen LogP contribution in [0.25, 0.3) is 0 Å². The molecule has 56 valence electrons. The van der Waals surface area contributed by atoms with Gasteiger partial charge in [-0.05, 0) is 12.8 Å². The Labute approximate surface area is 65.2 Å². The summed E-state index contributed by atoms with van der Waals surface area (Å²) in [5.41, 5.74) is 5.17. The first-order valence-electron chi connectivity index (χ1n) is 3.11. The van der Waals surface area contributed by atoms with Gasteiger partial charge >= 0.3 is 0 Å². The fraction of sp³-hybridized carbons (Fsp3) is 0.667. The normalized spacial score (nSPS) is 19.7. The van der Waals surface area contributed by atoms with Crippen molar-refractivity contribution in [1.82, 2.24) is 4.90 Å². The molecule has 0 heterocycles. The van der Waals surface area contributed by atoms with Crippen LogP contribution in [0.3, 0.4) is 0 Å². The van der Waals surface area contributed by atoms with E-state index in [0.717, 1.165) is 19.3 Å². The fourth-order valence-corrected chi connectivity index (χ4v) is 1.34. The molecule has 3 nitrogen and oxygen atoms in total. The van der Waals surface area contributed by atoms with Crippen LogP contribution < -0.4 is 5.73 Å². The third-order valence-corrected chi connectivity index (χ3v) is 2.40. The van der Waals surface area contributed by atoms with Crippen LogP contribution in [0.4, 0.5) is 0 Å². The van der Waals surface area contributed by atoms with Crippen LogP contribution in [0.2, 0.25) is 0 Å². The van der Waals surface area contributed by atoms with Crippen LogP contribution in [0.15, 0.2) is 0 Å². The van der Waals surface area contributed by atoms with Crippen LogP contribution >= 0.6 is 12.2 Å². The minimum absolute atomic E-state index is 0.267. The predicted octanol–water partition coefficient (Wildman–Crippen LogP) is -0.107. The zero-order valence-corrected chi connectivity index (χ0v) is 6.65. The third-order valence-electron chi connectivity index (χ3n) is 2.02. The lowest BCUT2D eigenvalue weighted by molar-refractivity contribution is -0.118. The maximum atomic E-state index is 10.3. The lowest BCUT2D eigenvalue weighted by atomic mass is 10.2. The minimum atomic E-state index is -0.267. The summed E-state index contributed by atoms with van der Waals surface area (Å²) < 4.78 is 0. The Morgan fingerprint density at radius 2 is 2.30 bits per heavy atom. The molecular formula is C6H10N2OS. The van der Waals surface area contributed by atoms with Crippen molar-refractivity contribution in [3.63, 3.8) is 0 Å². The number of hydrogen-bond acceptors (Lipinski definition) is 2. The summed E-state index contributed by atoms with van der Waals surface area (Å²) in [4.78, 5) is 12.3. The predicted molar refractivity (Wildman–Crippen MR) is 42.6 cm³/mol. The van der Waals surface area contributed by atoms with Gasteiger partial charge in [0.15, 0.2) is 0 Å². The molecule has 1 rings (SSSR count). The van der Waals surface area contributed by atoms with Gasteiger partial charge in [-0.3, -0.25) is 4.79 Å².